The number of benzene rings is 1. The van der Waals surface area contributed by atoms with Crippen LogP contribution in [0.25, 0.3) is 0 Å². The molecule has 0 atom stereocenters. The second-order valence-electron chi connectivity index (χ2n) is 3.19. The van der Waals surface area contributed by atoms with E-state index in [0.717, 1.165) is 4.47 Å². The van der Waals surface area contributed by atoms with Gasteiger partial charge in [0.15, 0.2) is 0 Å². The van der Waals surface area contributed by atoms with E-state index in [0.29, 0.717) is 17.4 Å². The van der Waals surface area contributed by atoms with Crippen LogP contribution in [-0.2, 0) is 0 Å². The summed E-state index contributed by atoms with van der Waals surface area (Å²) in [5, 5.41) is 2.94. The van der Waals surface area contributed by atoms with Gasteiger partial charge in [0.25, 0.3) is 0 Å². The first-order valence-corrected chi connectivity index (χ1v) is 5.56. The highest BCUT2D eigenvalue weighted by molar-refractivity contribution is 9.10. The molecule has 1 aromatic carbocycles. The molecule has 0 unspecified atom stereocenters. The molecule has 0 aliphatic carbocycles. The maximum Gasteiger partial charge on any atom is 0.227 e. The van der Waals surface area contributed by atoms with Crippen molar-refractivity contribution in [1.82, 2.24) is 9.97 Å². The van der Waals surface area contributed by atoms with Crippen molar-refractivity contribution in [2.75, 3.05) is 12.4 Å². The lowest BCUT2D eigenvalue weighted by Crippen LogP contribution is -1.99. The van der Waals surface area contributed by atoms with Crippen molar-refractivity contribution in [3.05, 3.63) is 40.9 Å². The van der Waals surface area contributed by atoms with Crippen LogP contribution in [0.4, 0.5) is 16.0 Å². The molecule has 0 fully saturated rings. The van der Waals surface area contributed by atoms with Gasteiger partial charge >= 0.3 is 0 Å². The molecule has 6 heteroatoms. The zero-order valence-corrected chi connectivity index (χ0v) is 10.5. The number of methoxy groups -OCH3 is 1. The third-order valence-corrected chi connectivity index (χ3v) is 2.44. The van der Waals surface area contributed by atoms with Gasteiger partial charge in [0, 0.05) is 18.5 Å². The Morgan fingerprint density at radius 1 is 1.29 bits per heavy atom. The summed E-state index contributed by atoms with van der Waals surface area (Å²) < 4.78 is 18.8. The number of ether oxygens (including phenoxy) is 1. The fourth-order valence-corrected chi connectivity index (χ4v) is 1.47. The van der Waals surface area contributed by atoms with E-state index in [1.165, 1.54) is 19.2 Å². The first kappa shape index (κ1) is 11.8. The molecule has 2 rings (SSSR count). The quantitative estimate of drug-likeness (QED) is 0.945. The molecule has 0 spiro atoms. The van der Waals surface area contributed by atoms with Crippen LogP contribution in [-0.4, -0.2) is 17.1 Å². The Bertz CT molecular complexity index is 519. The first-order valence-electron chi connectivity index (χ1n) is 4.77. The third-order valence-electron chi connectivity index (χ3n) is 2.03. The highest BCUT2D eigenvalue weighted by atomic mass is 79.9. The maximum atomic E-state index is 13.0. The zero-order chi connectivity index (χ0) is 12.3. The van der Waals surface area contributed by atoms with Crippen LogP contribution in [0, 0.1) is 5.82 Å². The Labute approximate surface area is 106 Å². The highest BCUT2D eigenvalue weighted by Gasteiger charge is 2.05. The fourth-order valence-electron chi connectivity index (χ4n) is 1.27. The molecule has 2 aromatic rings. The molecular formula is C11H9BrFN3O. The Kier molecular flexibility index (Phi) is 3.53. The number of rotatable bonds is 3. The van der Waals surface area contributed by atoms with Gasteiger partial charge in [-0.05, 0) is 28.1 Å². The Balaban J connectivity index is 2.26. The molecule has 88 valence electrons. The third kappa shape index (κ3) is 2.91. The molecule has 0 bridgehead atoms. The molecule has 17 heavy (non-hydrogen) atoms. The van der Waals surface area contributed by atoms with Gasteiger partial charge in [-0.3, -0.25) is 0 Å². The van der Waals surface area contributed by atoms with Gasteiger partial charge in [0.2, 0.25) is 5.95 Å². The largest absolute Gasteiger partial charge is 0.494 e. The second kappa shape index (κ2) is 5.09. The normalized spacial score (nSPS) is 10.1. The van der Waals surface area contributed by atoms with Crippen molar-refractivity contribution in [2.24, 2.45) is 0 Å². The van der Waals surface area contributed by atoms with Gasteiger partial charge in [0.1, 0.15) is 11.6 Å². The Morgan fingerprint density at radius 2 is 2.00 bits per heavy atom. The molecule has 0 aliphatic heterocycles. The molecule has 0 radical (unpaired) electrons. The number of hydrogen-bond acceptors (Lipinski definition) is 4. The van der Waals surface area contributed by atoms with Crippen molar-refractivity contribution in [3.63, 3.8) is 0 Å². The lowest BCUT2D eigenvalue weighted by molar-refractivity contribution is 0.413. The lowest BCUT2D eigenvalue weighted by Gasteiger charge is -2.09. The van der Waals surface area contributed by atoms with E-state index in [-0.39, 0.29) is 5.82 Å². The van der Waals surface area contributed by atoms with Gasteiger partial charge in [-0.1, -0.05) is 0 Å². The summed E-state index contributed by atoms with van der Waals surface area (Å²) in [4.78, 5) is 8.11. The summed E-state index contributed by atoms with van der Waals surface area (Å²) in [6.45, 7) is 0. The molecule has 0 amide bonds. The summed E-state index contributed by atoms with van der Waals surface area (Å²) in [6.07, 6.45) is 3.23. The average molecular weight is 298 g/mol. The number of nitrogens with one attached hydrogen (secondary N) is 1. The van der Waals surface area contributed by atoms with Crippen LogP contribution >= 0.6 is 15.9 Å². The van der Waals surface area contributed by atoms with E-state index in [2.05, 4.69) is 31.2 Å². The predicted molar refractivity (Wildman–Crippen MR) is 66.0 cm³/mol. The molecule has 0 aliphatic rings. The van der Waals surface area contributed by atoms with Crippen molar-refractivity contribution in [1.29, 1.82) is 0 Å². The average Bonchev–Trinajstić information content (AvgIpc) is 2.34. The SMILES string of the molecule is COc1cc(F)ccc1Nc1ncc(Br)cn1. The predicted octanol–water partition coefficient (Wildman–Crippen LogP) is 3.13. The van der Waals surface area contributed by atoms with Crippen LogP contribution < -0.4 is 10.1 Å². The Hall–Kier alpha value is -1.69. The zero-order valence-electron chi connectivity index (χ0n) is 8.95. The van der Waals surface area contributed by atoms with Crippen molar-refractivity contribution in [3.8, 4) is 5.75 Å². The van der Waals surface area contributed by atoms with Crippen molar-refractivity contribution < 1.29 is 9.13 Å². The van der Waals surface area contributed by atoms with E-state index in [1.54, 1.807) is 18.5 Å². The number of hydrogen-bond donors (Lipinski definition) is 1. The summed E-state index contributed by atoms with van der Waals surface area (Å²) in [5.74, 6) is 0.457. The minimum atomic E-state index is -0.357. The van der Waals surface area contributed by atoms with Crippen LogP contribution in [0.15, 0.2) is 35.1 Å². The van der Waals surface area contributed by atoms with Gasteiger partial charge < -0.3 is 10.1 Å². The molecular weight excluding hydrogens is 289 g/mol. The number of anilines is 2. The fraction of sp³-hybridized carbons (Fsp3) is 0.0909. The van der Waals surface area contributed by atoms with Crippen LogP contribution in [0.3, 0.4) is 0 Å². The van der Waals surface area contributed by atoms with E-state index < -0.39 is 0 Å². The van der Waals surface area contributed by atoms with E-state index in [4.69, 9.17) is 4.74 Å². The number of halogens is 2. The molecule has 1 heterocycles. The van der Waals surface area contributed by atoms with Crippen molar-refractivity contribution in [2.45, 2.75) is 0 Å². The Morgan fingerprint density at radius 3 is 2.65 bits per heavy atom. The smallest absolute Gasteiger partial charge is 0.227 e. The number of aromatic nitrogens is 2. The van der Waals surface area contributed by atoms with Gasteiger partial charge in [-0.2, -0.15) is 0 Å². The van der Waals surface area contributed by atoms with E-state index >= 15 is 0 Å². The highest BCUT2D eigenvalue weighted by Crippen LogP contribution is 2.27. The topological polar surface area (TPSA) is 47.0 Å². The van der Waals surface area contributed by atoms with Crippen LogP contribution in [0.5, 0.6) is 5.75 Å². The molecule has 1 aromatic heterocycles. The first-order chi connectivity index (χ1) is 8.19. The van der Waals surface area contributed by atoms with Crippen molar-refractivity contribution >= 4 is 27.6 Å². The van der Waals surface area contributed by atoms with Crippen LogP contribution in [0.1, 0.15) is 0 Å². The van der Waals surface area contributed by atoms with Gasteiger partial charge in [-0.25, -0.2) is 14.4 Å². The summed E-state index contributed by atoms with van der Waals surface area (Å²) in [7, 11) is 1.47. The summed E-state index contributed by atoms with van der Waals surface area (Å²) in [6, 6.07) is 4.20. The van der Waals surface area contributed by atoms with Gasteiger partial charge in [0.05, 0.1) is 17.3 Å². The van der Waals surface area contributed by atoms with Gasteiger partial charge in [-0.15, -0.1) is 0 Å². The molecule has 1 N–H and O–H groups in total. The lowest BCUT2D eigenvalue weighted by atomic mass is 10.3. The second-order valence-corrected chi connectivity index (χ2v) is 4.11. The summed E-state index contributed by atoms with van der Waals surface area (Å²) >= 11 is 3.24. The molecule has 4 nitrogen and oxygen atoms in total. The minimum Gasteiger partial charge on any atom is -0.494 e. The number of nitrogens with zero attached hydrogens (tertiary/aromatic N) is 2. The monoisotopic (exact) mass is 297 g/mol. The summed E-state index contributed by atoms with van der Waals surface area (Å²) in [5.41, 5.74) is 0.608. The standard InChI is InChI=1S/C11H9BrFN3O/c1-17-10-4-8(13)2-3-9(10)16-11-14-5-7(12)6-15-11/h2-6H,1H3,(H,14,15,16). The maximum absolute atomic E-state index is 13.0. The van der Waals surface area contributed by atoms with Crippen LogP contribution in [0.2, 0.25) is 0 Å². The minimum absolute atomic E-state index is 0.357. The molecule has 0 saturated carbocycles. The van der Waals surface area contributed by atoms with E-state index in [1.807, 2.05) is 0 Å². The molecule has 0 saturated heterocycles. The van der Waals surface area contributed by atoms with E-state index in [9.17, 15) is 4.39 Å².